The van der Waals surface area contributed by atoms with Gasteiger partial charge in [0.2, 0.25) is 0 Å². The fourth-order valence-electron chi connectivity index (χ4n) is 1.56. The van der Waals surface area contributed by atoms with Gasteiger partial charge < -0.3 is 10.0 Å². The molecule has 1 N–H and O–H groups in total. The van der Waals surface area contributed by atoms with Gasteiger partial charge >= 0.3 is 0 Å². The van der Waals surface area contributed by atoms with E-state index in [9.17, 15) is 9.50 Å². The number of halogens is 1. The molecule has 17 heavy (non-hydrogen) atoms. The fraction of sp³-hybridized carbons (Fsp3) is 0.0769. The van der Waals surface area contributed by atoms with Crippen molar-refractivity contribution in [2.24, 2.45) is 0 Å². The van der Waals surface area contributed by atoms with Crippen LogP contribution < -0.4 is 0 Å². The molecule has 0 unspecified atom stereocenters. The third-order valence-corrected chi connectivity index (χ3v) is 2.49. The van der Waals surface area contributed by atoms with Crippen LogP contribution in [0.2, 0.25) is 0 Å². The first-order valence-corrected chi connectivity index (χ1v) is 4.82. The van der Waals surface area contributed by atoms with E-state index in [1.54, 1.807) is 24.1 Å². The van der Waals surface area contributed by atoms with Gasteiger partial charge in [-0.2, -0.15) is 12.2 Å². The van der Waals surface area contributed by atoms with E-state index in [0.29, 0.717) is 5.70 Å². The average molecular weight is 305 g/mol. The number of phenolic OH excluding ortho intramolecular Hbond substituents is 1. The standard InChI is InChI=1S/C13H11FNO.Y/c1-9-5-3-7-11(15(9)2)13-10(14)6-4-8-12(13)16;/h3-6,8,16H,1H2,2H3;/q-1;. The molecule has 0 atom stereocenters. The van der Waals surface area contributed by atoms with Crippen LogP contribution in [0.4, 0.5) is 4.39 Å². The molecule has 1 heterocycles. The van der Waals surface area contributed by atoms with Gasteiger partial charge in [0.15, 0.2) is 0 Å². The molecule has 0 aliphatic carbocycles. The third-order valence-electron chi connectivity index (χ3n) is 2.49. The zero-order valence-corrected chi connectivity index (χ0v) is 12.3. The van der Waals surface area contributed by atoms with Crippen molar-refractivity contribution < 1.29 is 42.2 Å². The molecule has 0 fully saturated rings. The minimum absolute atomic E-state index is 0. The van der Waals surface area contributed by atoms with Gasteiger partial charge in [0, 0.05) is 39.8 Å². The van der Waals surface area contributed by atoms with E-state index in [-0.39, 0.29) is 44.0 Å². The second-order valence-corrected chi connectivity index (χ2v) is 3.51. The average Bonchev–Trinajstić information content (AvgIpc) is 2.24. The van der Waals surface area contributed by atoms with Crippen molar-refractivity contribution in [3.05, 3.63) is 60.1 Å². The first kappa shape index (κ1) is 14.1. The molecule has 85 valence electrons. The van der Waals surface area contributed by atoms with Crippen LogP contribution in [-0.4, -0.2) is 17.1 Å². The second kappa shape index (κ2) is 5.61. The second-order valence-electron chi connectivity index (χ2n) is 3.51. The van der Waals surface area contributed by atoms with Crippen molar-refractivity contribution in [1.29, 1.82) is 0 Å². The molecule has 0 aromatic heterocycles. The van der Waals surface area contributed by atoms with Crippen LogP contribution in [0.5, 0.6) is 5.75 Å². The van der Waals surface area contributed by atoms with Crippen molar-refractivity contribution >= 4 is 5.70 Å². The Balaban J connectivity index is 0.00000144. The van der Waals surface area contributed by atoms with E-state index in [2.05, 4.69) is 12.7 Å². The van der Waals surface area contributed by atoms with E-state index < -0.39 is 5.82 Å². The van der Waals surface area contributed by atoms with Gasteiger partial charge in [-0.1, -0.05) is 18.3 Å². The number of benzene rings is 1. The summed E-state index contributed by atoms with van der Waals surface area (Å²) in [6.45, 7) is 3.80. The van der Waals surface area contributed by atoms with Crippen molar-refractivity contribution in [2.45, 2.75) is 0 Å². The first-order valence-electron chi connectivity index (χ1n) is 4.82. The minimum Gasteiger partial charge on any atom is -0.520 e. The Morgan fingerprint density at radius 3 is 2.76 bits per heavy atom. The van der Waals surface area contributed by atoms with Crippen LogP contribution in [-0.2, 0) is 32.7 Å². The van der Waals surface area contributed by atoms with Gasteiger partial charge in [0.25, 0.3) is 0 Å². The third kappa shape index (κ3) is 2.67. The number of phenols is 1. The monoisotopic (exact) mass is 305 g/mol. The zero-order chi connectivity index (χ0) is 11.7. The van der Waals surface area contributed by atoms with Crippen molar-refractivity contribution in [2.75, 3.05) is 7.05 Å². The molecule has 1 aliphatic heterocycles. The Kier molecular flexibility index (Phi) is 4.66. The largest absolute Gasteiger partial charge is 0.520 e. The van der Waals surface area contributed by atoms with Crippen LogP contribution in [0.1, 0.15) is 5.56 Å². The Labute approximate surface area is 125 Å². The predicted molar refractivity (Wildman–Crippen MR) is 60.8 cm³/mol. The summed E-state index contributed by atoms with van der Waals surface area (Å²) >= 11 is 0. The minimum atomic E-state index is -0.475. The number of hydrogen-bond acceptors (Lipinski definition) is 2. The molecule has 0 saturated carbocycles. The van der Waals surface area contributed by atoms with Crippen LogP contribution in [0, 0.1) is 11.9 Å². The number of hydrogen-bond donors (Lipinski definition) is 1. The molecule has 2 nitrogen and oxygen atoms in total. The summed E-state index contributed by atoms with van der Waals surface area (Å²) < 4.78 is 13.6. The van der Waals surface area contributed by atoms with Gasteiger partial charge in [-0.15, -0.1) is 6.08 Å². The van der Waals surface area contributed by atoms with Crippen molar-refractivity contribution in [1.82, 2.24) is 4.90 Å². The van der Waals surface area contributed by atoms with E-state index in [1.165, 1.54) is 18.2 Å². The number of aromatic hydroxyl groups is 1. The normalized spacial score (nSPS) is 14.4. The van der Waals surface area contributed by atoms with E-state index in [1.807, 2.05) is 0 Å². The number of rotatable bonds is 1. The molecule has 1 aliphatic rings. The molecule has 1 radical (unpaired) electrons. The summed E-state index contributed by atoms with van der Waals surface area (Å²) in [4.78, 5) is 1.68. The molecule has 2 rings (SSSR count). The van der Waals surface area contributed by atoms with Gasteiger partial charge in [0.05, 0.1) is 11.6 Å². The summed E-state index contributed by atoms with van der Waals surface area (Å²) in [6.07, 6.45) is 6.32. The zero-order valence-electron chi connectivity index (χ0n) is 9.44. The predicted octanol–water partition coefficient (Wildman–Crippen LogP) is 2.69. The molecule has 0 amide bonds. The molecular formula is C13H11FNOY-. The quantitative estimate of drug-likeness (QED) is 0.807. The van der Waals surface area contributed by atoms with E-state index >= 15 is 0 Å². The van der Waals surface area contributed by atoms with Gasteiger partial charge in [-0.3, -0.25) is 0 Å². The Morgan fingerprint density at radius 1 is 1.41 bits per heavy atom. The molecule has 0 bridgehead atoms. The Morgan fingerprint density at radius 2 is 2.12 bits per heavy atom. The van der Waals surface area contributed by atoms with E-state index in [4.69, 9.17) is 0 Å². The van der Waals surface area contributed by atoms with Crippen molar-refractivity contribution in [3.8, 4) is 5.75 Å². The maximum atomic E-state index is 13.6. The molecule has 1 aromatic carbocycles. The maximum absolute atomic E-state index is 13.6. The van der Waals surface area contributed by atoms with E-state index in [0.717, 1.165) is 5.70 Å². The fourth-order valence-corrected chi connectivity index (χ4v) is 1.56. The van der Waals surface area contributed by atoms with Crippen LogP contribution in [0.25, 0.3) is 5.70 Å². The van der Waals surface area contributed by atoms with Crippen LogP contribution in [0.3, 0.4) is 0 Å². The number of nitrogens with zero attached hydrogens (tertiary/aromatic N) is 1. The summed E-state index contributed by atoms with van der Waals surface area (Å²) in [5, 5.41) is 9.67. The summed E-state index contributed by atoms with van der Waals surface area (Å²) in [5.41, 5.74) is 1.34. The summed E-state index contributed by atoms with van der Waals surface area (Å²) in [6, 6.07) is 4.21. The smallest absolute Gasteiger partial charge is 0.0817 e. The van der Waals surface area contributed by atoms with Crippen LogP contribution in [0.15, 0.2) is 42.6 Å². The van der Waals surface area contributed by atoms with Crippen molar-refractivity contribution in [3.63, 3.8) is 0 Å². The number of allylic oxidation sites excluding steroid dienone is 3. The SMILES string of the molecule is C=C1C=C[C-]=C(c2c(O)cccc2F)N1C.[Y]. The first-order chi connectivity index (χ1) is 7.61. The number of likely N-dealkylation sites (N-methyl/N-ethyl adjacent to an activating group) is 1. The molecule has 4 heteroatoms. The molecule has 0 spiro atoms. The summed E-state index contributed by atoms with van der Waals surface area (Å²) in [5.74, 6) is -0.574. The summed E-state index contributed by atoms with van der Waals surface area (Å²) in [7, 11) is 1.75. The van der Waals surface area contributed by atoms with Gasteiger partial charge in [-0.25, -0.2) is 4.39 Å². The van der Waals surface area contributed by atoms with Crippen LogP contribution >= 0.6 is 0 Å². The van der Waals surface area contributed by atoms with Gasteiger partial charge in [0.1, 0.15) is 0 Å². The molecular weight excluding hydrogens is 294 g/mol. The molecule has 0 saturated heterocycles. The topological polar surface area (TPSA) is 23.5 Å². The van der Waals surface area contributed by atoms with Gasteiger partial charge in [-0.05, 0) is 23.4 Å². The Hall–Kier alpha value is -0.926. The maximum Gasteiger partial charge on any atom is 0.0817 e. The molecule has 1 aromatic rings. The Bertz CT molecular complexity index is 488.